The molecule has 3 aromatic carbocycles. The highest BCUT2D eigenvalue weighted by molar-refractivity contribution is 5.61. The average Bonchev–Trinajstić information content (AvgIpc) is 3.17. The van der Waals surface area contributed by atoms with Gasteiger partial charge in [-0.3, -0.25) is 0 Å². The third-order valence-electron chi connectivity index (χ3n) is 5.04. The Morgan fingerprint density at radius 3 is 2.45 bits per heavy atom. The molecule has 0 aliphatic rings. The minimum atomic E-state index is -0.255. The van der Waals surface area contributed by atoms with Crippen LogP contribution in [-0.2, 0) is 20.2 Å². The first-order valence-electron chi connectivity index (χ1n) is 9.99. The molecule has 0 amide bonds. The second-order valence-electron chi connectivity index (χ2n) is 7.15. The Labute approximate surface area is 181 Å². The van der Waals surface area contributed by atoms with Gasteiger partial charge in [0.2, 0.25) is 5.95 Å². The van der Waals surface area contributed by atoms with Gasteiger partial charge in [0.25, 0.3) is 0 Å². The van der Waals surface area contributed by atoms with E-state index in [1.54, 1.807) is 25.4 Å². The Hall–Kier alpha value is -3.80. The van der Waals surface area contributed by atoms with E-state index in [1.165, 1.54) is 12.1 Å². The summed E-state index contributed by atoms with van der Waals surface area (Å²) in [5, 5.41) is 3.35. The zero-order valence-corrected chi connectivity index (χ0v) is 17.5. The largest absolute Gasteiger partial charge is 0.493 e. The quantitative estimate of drug-likeness (QED) is 0.416. The molecule has 0 spiro atoms. The van der Waals surface area contributed by atoms with Crippen LogP contribution in [-0.4, -0.2) is 16.7 Å². The molecule has 31 heavy (non-hydrogen) atoms. The van der Waals surface area contributed by atoms with Crippen molar-refractivity contribution in [2.75, 3.05) is 12.4 Å². The van der Waals surface area contributed by atoms with Crippen molar-refractivity contribution < 1.29 is 13.9 Å². The predicted octanol–water partition coefficient (Wildman–Crippen LogP) is 5.43. The molecule has 158 valence electrons. The molecule has 0 fully saturated rings. The summed E-state index contributed by atoms with van der Waals surface area (Å²) >= 11 is 0. The van der Waals surface area contributed by atoms with Crippen LogP contribution in [0.4, 0.5) is 10.3 Å². The summed E-state index contributed by atoms with van der Waals surface area (Å²) < 4.78 is 26.6. The number of nitrogens with zero attached hydrogens (tertiary/aromatic N) is 2. The molecule has 1 N–H and O–H groups in total. The summed E-state index contributed by atoms with van der Waals surface area (Å²) in [7, 11) is 3.56. The van der Waals surface area contributed by atoms with Crippen LogP contribution in [0.3, 0.4) is 0 Å². The lowest BCUT2D eigenvalue weighted by Gasteiger charge is -2.13. The third-order valence-corrected chi connectivity index (χ3v) is 5.04. The Bertz CT molecular complexity index is 1140. The molecule has 0 bridgehead atoms. The summed E-state index contributed by atoms with van der Waals surface area (Å²) in [5.74, 6) is 1.85. The number of rotatable bonds is 8. The van der Waals surface area contributed by atoms with Crippen LogP contribution in [0.15, 0.2) is 79.0 Å². The summed E-state index contributed by atoms with van der Waals surface area (Å²) in [6, 6.07) is 22.3. The van der Waals surface area contributed by atoms with Crippen molar-refractivity contribution in [1.29, 1.82) is 0 Å². The van der Waals surface area contributed by atoms with E-state index in [2.05, 4.69) is 10.3 Å². The number of nitrogens with one attached hydrogen (secondary N) is 1. The number of ether oxygens (including phenoxy) is 2. The normalized spacial score (nSPS) is 10.7. The number of hydrogen-bond donors (Lipinski definition) is 1. The van der Waals surface area contributed by atoms with Gasteiger partial charge < -0.3 is 19.4 Å². The topological polar surface area (TPSA) is 48.3 Å². The fraction of sp³-hybridized carbons (Fsp3) is 0.160. The lowest BCUT2D eigenvalue weighted by Crippen LogP contribution is -2.06. The molecule has 4 rings (SSSR count). The van der Waals surface area contributed by atoms with E-state index >= 15 is 0 Å². The first-order chi connectivity index (χ1) is 15.1. The molecule has 1 aromatic heterocycles. The maximum atomic E-state index is 13.2. The molecule has 1 heterocycles. The second kappa shape index (κ2) is 9.34. The lowest BCUT2D eigenvalue weighted by molar-refractivity contribution is 0.284. The summed E-state index contributed by atoms with van der Waals surface area (Å²) in [6.45, 7) is 1.04. The molecular weight excluding hydrogens is 393 g/mol. The SMILES string of the molecule is COc1ccc(CNc2ncc(-c3ccc(F)cc3)n2C)cc1OCc1ccccc1. The van der Waals surface area contributed by atoms with E-state index in [-0.39, 0.29) is 5.82 Å². The van der Waals surface area contributed by atoms with E-state index in [9.17, 15) is 4.39 Å². The monoisotopic (exact) mass is 417 g/mol. The van der Waals surface area contributed by atoms with Gasteiger partial charge in [-0.1, -0.05) is 36.4 Å². The van der Waals surface area contributed by atoms with Gasteiger partial charge in [-0.25, -0.2) is 9.37 Å². The van der Waals surface area contributed by atoms with Crippen molar-refractivity contribution in [1.82, 2.24) is 9.55 Å². The Morgan fingerprint density at radius 1 is 0.935 bits per heavy atom. The Balaban J connectivity index is 1.45. The van der Waals surface area contributed by atoms with Crippen molar-refractivity contribution in [3.05, 3.63) is 95.9 Å². The lowest BCUT2D eigenvalue weighted by atomic mass is 10.2. The van der Waals surface area contributed by atoms with Gasteiger partial charge >= 0.3 is 0 Å². The van der Waals surface area contributed by atoms with E-state index in [0.29, 0.717) is 24.7 Å². The zero-order chi connectivity index (χ0) is 21.6. The van der Waals surface area contributed by atoms with Gasteiger partial charge in [0.1, 0.15) is 12.4 Å². The second-order valence-corrected chi connectivity index (χ2v) is 7.15. The summed E-state index contributed by atoms with van der Waals surface area (Å²) in [4.78, 5) is 4.46. The van der Waals surface area contributed by atoms with Gasteiger partial charge in [0, 0.05) is 19.2 Å². The third kappa shape index (κ3) is 4.86. The van der Waals surface area contributed by atoms with Crippen LogP contribution >= 0.6 is 0 Å². The van der Waals surface area contributed by atoms with Gasteiger partial charge in [-0.05, 0) is 47.5 Å². The Kier molecular flexibility index (Phi) is 6.17. The van der Waals surface area contributed by atoms with Gasteiger partial charge in [0.15, 0.2) is 11.5 Å². The molecule has 0 radical (unpaired) electrons. The first-order valence-corrected chi connectivity index (χ1v) is 9.99. The molecule has 5 nitrogen and oxygen atoms in total. The smallest absolute Gasteiger partial charge is 0.203 e. The number of hydrogen-bond acceptors (Lipinski definition) is 4. The number of halogens is 1. The number of benzene rings is 3. The van der Waals surface area contributed by atoms with Crippen LogP contribution in [0, 0.1) is 5.82 Å². The van der Waals surface area contributed by atoms with Crippen LogP contribution in [0.1, 0.15) is 11.1 Å². The zero-order valence-electron chi connectivity index (χ0n) is 17.5. The van der Waals surface area contributed by atoms with Gasteiger partial charge in [-0.2, -0.15) is 0 Å². The number of aromatic nitrogens is 2. The molecular formula is C25H24FN3O2. The van der Waals surface area contributed by atoms with Crippen molar-refractivity contribution in [2.45, 2.75) is 13.2 Å². The number of imidazole rings is 1. The van der Waals surface area contributed by atoms with Crippen molar-refractivity contribution in [3.63, 3.8) is 0 Å². The van der Waals surface area contributed by atoms with Crippen molar-refractivity contribution >= 4 is 5.95 Å². The summed E-state index contributed by atoms with van der Waals surface area (Å²) in [6.07, 6.45) is 1.78. The van der Waals surface area contributed by atoms with Gasteiger partial charge in [0.05, 0.1) is 19.0 Å². The molecule has 0 aliphatic heterocycles. The van der Waals surface area contributed by atoms with Gasteiger partial charge in [-0.15, -0.1) is 0 Å². The van der Waals surface area contributed by atoms with Crippen molar-refractivity contribution in [3.8, 4) is 22.8 Å². The molecule has 0 atom stereocenters. The minimum Gasteiger partial charge on any atom is -0.493 e. The highest BCUT2D eigenvalue weighted by atomic mass is 19.1. The fourth-order valence-electron chi connectivity index (χ4n) is 3.32. The highest BCUT2D eigenvalue weighted by Crippen LogP contribution is 2.29. The number of methoxy groups -OCH3 is 1. The van der Waals surface area contributed by atoms with Crippen molar-refractivity contribution in [2.24, 2.45) is 7.05 Å². The fourth-order valence-corrected chi connectivity index (χ4v) is 3.32. The predicted molar refractivity (Wildman–Crippen MR) is 120 cm³/mol. The molecule has 0 unspecified atom stereocenters. The van der Waals surface area contributed by atoms with Crippen LogP contribution in [0.25, 0.3) is 11.3 Å². The van der Waals surface area contributed by atoms with Crippen LogP contribution in [0.2, 0.25) is 0 Å². The minimum absolute atomic E-state index is 0.255. The van der Waals surface area contributed by atoms with E-state index in [1.807, 2.05) is 60.1 Å². The Morgan fingerprint density at radius 2 is 1.71 bits per heavy atom. The first kappa shape index (κ1) is 20.5. The molecule has 0 aliphatic carbocycles. The molecule has 0 saturated heterocycles. The van der Waals surface area contributed by atoms with Crippen LogP contribution < -0.4 is 14.8 Å². The maximum Gasteiger partial charge on any atom is 0.203 e. The number of anilines is 1. The standard InChI is InChI=1S/C25H24FN3O2/c1-29-22(20-9-11-21(26)12-10-20)16-28-25(29)27-15-19-8-13-23(30-2)24(14-19)31-17-18-6-4-3-5-7-18/h3-14,16H,15,17H2,1-2H3,(H,27,28). The van der Waals surface area contributed by atoms with E-state index in [4.69, 9.17) is 9.47 Å². The van der Waals surface area contributed by atoms with E-state index < -0.39 is 0 Å². The van der Waals surface area contributed by atoms with Crippen LogP contribution in [0.5, 0.6) is 11.5 Å². The summed E-state index contributed by atoms with van der Waals surface area (Å²) in [5.41, 5.74) is 3.94. The maximum absolute atomic E-state index is 13.2. The molecule has 4 aromatic rings. The molecule has 0 saturated carbocycles. The highest BCUT2D eigenvalue weighted by Gasteiger charge is 2.10. The molecule has 6 heteroatoms. The average molecular weight is 417 g/mol. The van der Waals surface area contributed by atoms with E-state index in [0.717, 1.165) is 28.3 Å².